The molecule has 0 spiro atoms. The van der Waals surface area contributed by atoms with Crippen LogP contribution in [0, 0.1) is 23.0 Å². The summed E-state index contributed by atoms with van der Waals surface area (Å²) in [5, 5.41) is 29.5. The molecule has 1 saturated heterocycles. The molecular weight excluding hydrogens is 556 g/mol. The zero-order valence-corrected chi connectivity index (χ0v) is 24.4. The molecule has 2 fully saturated rings. The Bertz CT molecular complexity index is 1560. The van der Waals surface area contributed by atoms with E-state index in [-0.39, 0.29) is 35.4 Å². The predicted molar refractivity (Wildman–Crippen MR) is 153 cm³/mol. The van der Waals surface area contributed by atoms with Gasteiger partial charge in [-0.1, -0.05) is 17.3 Å². The van der Waals surface area contributed by atoms with Crippen LogP contribution in [-0.4, -0.2) is 57.2 Å². The third-order valence-electron chi connectivity index (χ3n) is 8.54. The highest BCUT2D eigenvalue weighted by Gasteiger charge is 2.49. The van der Waals surface area contributed by atoms with E-state index in [2.05, 4.69) is 26.8 Å². The largest absolute Gasteiger partial charge is 0.390 e. The molecule has 0 unspecified atom stereocenters. The summed E-state index contributed by atoms with van der Waals surface area (Å²) < 4.78 is 32.8. The van der Waals surface area contributed by atoms with Gasteiger partial charge < -0.3 is 20.3 Å². The van der Waals surface area contributed by atoms with E-state index in [0.29, 0.717) is 31.5 Å². The van der Waals surface area contributed by atoms with Crippen LogP contribution in [-0.2, 0) is 10.3 Å². The number of carbonyl (C=O) groups is 2. The normalized spacial score (nSPS) is 21.8. The maximum Gasteiger partial charge on any atom is 0.274 e. The van der Waals surface area contributed by atoms with Crippen molar-refractivity contribution in [2.24, 2.45) is 0 Å². The molecule has 2 aromatic carbocycles. The number of aliphatic hydroxyl groups is 1. The minimum absolute atomic E-state index is 0.0155. The summed E-state index contributed by atoms with van der Waals surface area (Å²) in [6, 6.07) is 13.7. The van der Waals surface area contributed by atoms with E-state index in [9.17, 15) is 28.7 Å². The number of likely N-dealkylation sites (tertiary alicyclic amines) is 1. The highest BCUT2D eigenvalue weighted by atomic mass is 19.1. The number of nitrogens with zero attached hydrogens (tertiary/aromatic N) is 3. The molecule has 5 rings (SSSR count). The van der Waals surface area contributed by atoms with Gasteiger partial charge in [0.1, 0.15) is 11.6 Å². The summed E-state index contributed by atoms with van der Waals surface area (Å²) in [4.78, 5) is 29.0. The number of aromatic nitrogens is 1. The van der Waals surface area contributed by atoms with E-state index < -0.39 is 34.2 Å². The Morgan fingerprint density at radius 2 is 1.88 bits per heavy atom. The quantitative estimate of drug-likeness (QED) is 0.354. The first kappa shape index (κ1) is 30.3. The lowest BCUT2D eigenvalue weighted by molar-refractivity contribution is -0.127. The molecule has 3 aromatic rings. The number of hydrogen-bond donors (Lipinski definition) is 3. The molecule has 2 amide bonds. The second-order valence-corrected chi connectivity index (χ2v) is 12.6. The standard InChI is InChI=1S/C32H35F2N5O4/c1-30(2,21-6-4-5-20(13-21)17-35)36-28(40)16-32(18-39(19-32)23-9-11-31(3,42)12-10-23)37-29(41)26-15-27(43-38-26)24-8-7-22(33)14-25(24)34/h4-8,13-15,23,42H,9-12,16,18-19H2,1-3H3,(H,36,40)(H,37,41). The van der Waals surface area contributed by atoms with Crippen LogP contribution in [0.5, 0.6) is 0 Å². The molecule has 3 N–H and O–H groups in total. The van der Waals surface area contributed by atoms with Crippen LogP contribution in [0.25, 0.3) is 11.3 Å². The van der Waals surface area contributed by atoms with Gasteiger partial charge in [-0.2, -0.15) is 5.26 Å². The van der Waals surface area contributed by atoms with Crippen LogP contribution in [0.1, 0.15) is 74.5 Å². The summed E-state index contributed by atoms with van der Waals surface area (Å²) in [5.74, 6) is -2.48. The van der Waals surface area contributed by atoms with Gasteiger partial charge in [0.05, 0.1) is 40.3 Å². The van der Waals surface area contributed by atoms with E-state index in [1.54, 1.807) is 18.2 Å². The molecule has 1 aliphatic carbocycles. The average Bonchev–Trinajstić information content (AvgIpc) is 3.41. The summed E-state index contributed by atoms with van der Waals surface area (Å²) >= 11 is 0. The number of amides is 2. The lowest BCUT2D eigenvalue weighted by Crippen LogP contribution is -2.73. The molecule has 0 radical (unpaired) electrons. The van der Waals surface area contributed by atoms with E-state index in [1.165, 1.54) is 12.1 Å². The number of rotatable bonds is 8. The van der Waals surface area contributed by atoms with Gasteiger partial charge in [-0.05, 0) is 76.3 Å². The van der Waals surface area contributed by atoms with Crippen LogP contribution in [0.3, 0.4) is 0 Å². The first-order valence-corrected chi connectivity index (χ1v) is 14.3. The first-order valence-electron chi connectivity index (χ1n) is 14.3. The molecule has 11 heteroatoms. The van der Waals surface area contributed by atoms with Gasteiger partial charge in [-0.15, -0.1) is 0 Å². The summed E-state index contributed by atoms with van der Waals surface area (Å²) in [6.45, 7) is 6.37. The third kappa shape index (κ3) is 6.76. The monoisotopic (exact) mass is 591 g/mol. The molecular formula is C32H35F2N5O4. The molecule has 1 aliphatic heterocycles. The van der Waals surface area contributed by atoms with Crippen molar-refractivity contribution in [3.63, 3.8) is 0 Å². The van der Waals surface area contributed by atoms with E-state index in [1.807, 2.05) is 26.8 Å². The molecule has 0 bridgehead atoms. The maximum absolute atomic E-state index is 14.3. The molecule has 2 heterocycles. The highest BCUT2D eigenvalue weighted by Crippen LogP contribution is 2.36. The first-order chi connectivity index (χ1) is 20.3. The maximum atomic E-state index is 14.3. The Morgan fingerprint density at radius 1 is 1.16 bits per heavy atom. The molecule has 9 nitrogen and oxygen atoms in total. The molecule has 226 valence electrons. The van der Waals surface area contributed by atoms with Crippen LogP contribution in [0.4, 0.5) is 8.78 Å². The molecule has 1 aromatic heterocycles. The smallest absolute Gasteiger partial charge is 0.274 e. The summed E-state index contributed by atoms with van der Waals surface area (Å²) in [7, 11) is 0. The average molecular weight is 592 g/mol. The van der Waals surface area contributed by atoms with E-state index in [0.717, 1.165) is 30.5 Å². The van der Waals surface area contributed by atoms with Crippen LogP contribution >= 0.6 is 0 Å². The number of benzene rings is 2. The Labute approximate surface area is 248 Å². The highest BCUT2D eigenvalue weighted by molar-refractivity contribution is 5.94. The topological polar surface area (TPSA) is 131 Å². The van der Waals surface area contributed by atoms with Crippen molar-refractivity contribution < 1.29 is 28.0 Å². The molecule has 43 heavy (non-hydrogen) atoms. The second-order valence-electron chi connectivity index (χ2n) is 12.6. The van der Waals surface area contributed by atoms with E-state index in [4.69, 9.17) is 4.52 Å². The Kier molecular flexibility index (Phi) is 8.11. The third-order valence-corrected chi connectivity index (χ3v) is 8.54. The molecule has 0 atom stereocenters. The number of nitriles is 1. The second kappa shape index (κ2) is 11.5. The van der Waals surface area contributed by atoms with E-state index >= 15 is 0 Å². The van der Waals surface area contributed by atoms with Gasteiger partial charge in [0.25, 0.3) is 5.91 Å². The van der Waals surface area contributed by atoms with Crippen molar-refractivity contribution in [2.45, 2.75) is 75.6 Å². The minimum atomic E-state index is -0.911. The number of carbonyl (C=O) groups excluding carboxylic acids is 2. The fraction of sp³-hybridized carbons (Fsp3) is 0.438. The van der Waals surface area contributed by atoms with Gasteiger partial charge in [0, 0.05) is 31.3 Å². The van der Waals surface area contributed by atoms with Gasteiger partial charge in [-0.25, -0.2) is 8.78 Å². The van der Waals surface area contributed by atoms with Crippen molar-refractivity contribution in [2.75, 3.05) is 13.1 Å². The number of nitrogens with one attached hydrogen (secondary N) is 2. The zero-order valence-electron chi connectivity index (χ0n) is 24.4. The van der Waals surface area contributed by atoms with Crippen LogP contribution in [0.2, 0.25) is 0 Å². The van der Waals surface area contributed by atoms with Gasteiger partial charge in [0.15, 0.2) is 11.5 Å². The van der Waals surface area contributed by atoms with Crippen LogP contribution in [0.15, 0.2) is 53.1 Å². The van der Waals surface area contributed by atoms with Crippen molar-refractivity contribution >= 4 is 11.8 Å². The zero-order chi connectivity index (χ0) is 31.0. The Hall–Kier alpha value is -4.14. The van der Waals surface area contributed by atoms with Crippen molar-refractivity contribution in [3.8, 4) is 17.4 Å². The van der Waals surface area contributed by atoms with Crippen molar-refractivity contribution in [1.82, 2.24) is 20.7 Å². The molecule has 1 saturated carbocycles. The predicted octanol–water partition coefficient (Wildman–Crippen LogP) is 4.41. The number of hydrogen-bond acceptors (Lipinski definition) is 7. The van der Waals surface area contributed by atoms with Gasteiger partial charge >= 0.3 is 0 Å². The number of halogens is 2. The minimum Gasteiger partial charge on any atom is -0.390 e. The fourth-order valence-corrected chi connectivity index (χ4v) is 6.07. The van der Waals surface area contributed by atoms with Gasteiger partial charge in [0.2, 0.25) is 5.91 Å². The fourth-order valence-electron chi connectivity index (χ4n) is 6.07. The Morgan fingerprint density at radius 3 is 2.56 bits per heavy atom. The molecule has 2 aliphatic rings. The lowest BCUT2D eigenvalue weighted by Gasteiger charge is -2.54. The summed E-state index contributed by atoms with van der Waals surface area (Å²) in [6.07, 6.45) is 2.94. The van der Waals surface area contributed by atoms with Gasteiger partial charge in [-0.3, -0.25) is 14.5 Å². The van der Waals surface area contributed by atoms with Crippen LogP contribution < -0.4 is 10.6 Å². The summed E-state index contributed by atoms with van der Waals surface area (Å²) in [5.41, 5.74) is -1.26. The SMILES string of the molecule is CC1(O)CCC(N2CC(CC(=O)NC(C)(C)c3cccc(C#N)c3)(NC(=O)c3cc(-c4ccc(F)cc4F)on3)C2)CC1. The lowest BCUT2D eigenvalue weighted by atomic mass is 9.78. The van der Waals surface area contributed by atoms with Crippen molar-refractivity contribution in [1.29, 1.82) is 5.26 Å². The van der Waals surface area contributed by atoms with Crippen molar-refractivity contribution in [3.05, 3.63) is 77.0 Å². The Balaban J connectivity index is 1.32.